The Morgan fingerprint density at radius 1 is 1.18 bits per heavy atom. The highest BCUT2D eigenvalue weighted by Crippen LogP contribution is 2.25. The molecule has 1 heterocycles. The molecule has 2 aromatic rings. The molecule has 0 spiro atoms. The van der Waals surface area contributed by atoms with Gasteiger partial charge in [0.2, 0.25) is 0 Å². The van der Waals surface area contributed by atoms with E-state index in [2.05, 4.69) is 21.0 Å². The van der Waals surface area contributed by atoms with E-state index in [4.69, 9.17) is 0 Å². The summed E-state index contributed by atoms with van der Waals surface area (Å²) in [5.41, 5.74) is 2.44. The molecule has 3 rings (SSSR count). The molecule has 0 saturated carbocycles. The fourth-order valence-electron chi connectivity index (χ4n) is 2.19. The SMILES string of the molecule is CC1=NN(c2cccc(F)c2)C(=O)/C1=C/c1ccc(Br)cc1. The maximum Gasteiger partial charge on any atom is 0.280 e. The van der Waals surface area contributed by atoms with Crippen molar-refractivity contribution in [3.63, 3.8) is 0 Å². The molecule has 0 saturated heterocycles. The predicted octanol–water partition coefficient (Wildman–Crippen LogP) is 4.39. The summed E-state index contributed by atoms with van der Waals surface area (Å²) in [6, 6.07) is 13.5. The molecule has 1 amide bonds. The van der Waals surface area contributed by atoms with Crippen LogP contribution < -0.4 is 5.01 Å². The minimum Gasteiger partial charge on any atom is -0.267 e. The lowest BCUT2D eigenvalue weighted by molar-refractivity contribution is -0.114. The Balaban J connectivity index is 1.94. The molecule has 5 heteroatoms. The van der Waals surface area contributed by atoms with Crippen LogP contribution in [0.2, 0.25) is 0 Å². The van der Waals surface area contributed by atoms with Gasteiger partial charge in [0.1, 0.15) is 5.82 Å². The average molecular weight is 359 g/mol. The van der Waals surface area contributed by atoms with Gasteiger partial charge in [-0.05, 0) is 48.9 Å². The van der Waals surface area contributed by atoms with Crippen LogP contribution in [0.3, 0.4) is 0 Å². The van der Waals surface area contributed by atoms with Crippen LogP contribution in [0.4, 0.5) is 10.1 Å². The first kappa shape index (κ1) is 14.7. The second kappa shape index (κ2) is 5.85. The molecule has 110 valence electrons. The fourth-order valence-corrected chi connectivity index (χ4v) is 2.46. The molecule has 0 unspecified atom stereocenters. The lowest BCUT2D eigenvalue weighted by Crippen LogP contribution is -2.21. The number of benzene rings is 2. The third-order valence-corrected chi connectivity index (χ3v) is 3.83. The normalized spacial score (nSPS) is 16.3. The highest BCUT2D eigenvalue weighted by molar-refractivity contribution is 9.10. The topological polar surface area (TPSA) is 32.7 Å². The van der Waals surface area contributed by atoms with Crippen molar-refractivity contribution >= 4 is 39.3 Å². The van der Waals surface area contributed by atoms with Crippen molar-refractivity contribution in [1.82, 2.24) is 0 Å². The van der Waals surface area contributed by atoms with E-state index in [0.717, 1.165) is 10.0 Å². The quantitative estimate of drug-likeness (QED) is 0.732. The van der Waals surface area contributed by atoms with Gasteiger partial charge in [0.25, 0.3) is 5.91 Å². The first-order chi connectivity index (χ1) is 10.5. The van der Waals surface area contributed by atoms with Crippen molar-refractivity contribution in [3.05, 3.63) is 70.0 Å². The van der Waals surface area contributed by atoms with Crippen molar-refractivity contribution in [2.75, 3.05) is 5.01 Å². The summed E-state index contributed by atoms with van der Waals surface area (Å²) in [7, 11) is 0. The van der Waals surface area contributed by atoms with Gasteiger partial charge in [-0.15, -0.1) is 0 Å². The number of halogens is 2. The maximum absolute atomic E-state index is 13.3. The van der Waals surface area contributed by atoms with Crippen molar-refractivity contribution in [3.8, 4) is 0 Å². The minimum absolute atomic E-state index is 0.258. The fraction of sp³-hybridized carbons (Fsp3) is 0.0588. The van der Waals surface area contributed by atoms with Crippen LogP contribution in [0.1, 0.15) is 12.5 Å². The minimum atomic E-state index is -0.400. The molecule has 0 bridgehead atoms. The van der Waals surface area contributed by atoms with E-state index in [1.54, 1.807) is 25.1 Å². The monoisotopic (exact) mass is 358 g/mol. The molecule has 3 nitrogen and oxygen atoms in total. The summed E-state index contributed by atoms with van der Waals surface area (Å²) < 4.78 is 14.3. The Morgan fingerprint density at radius 2 is 1.91 bits per heavy atom. The Labute approximate surface area is 135 Å². The Morgan fingerprint density at radius 3 is 2.59 bits per heavy atom. The largest absolute Gasteiger partial charge is 0.280 e. The number of hydrogen-bond donors (Lipinski definition) is 0. The molecular weight excluding hydrogens is 347 g/mol. The number of carbonyl (C=O) groups excluding carboxylic acids is 1. The van der Waals surface area contributed by atoms with Crippen LogP contribution in [-0.2, 0) is 4.79 Å². The molecule has 22 heavy (non-hydrogen) atoms. The first-order valence-corrected chi connectivity index (χ1v) is 7.47. The molecule has 0 aromatic heterocycles. The Hall–Kier alpha value is -2.27. The molecule has 1 aliphatic rings. The number of hydrazone groups is 1. The number of hydrogen-bond acceptors (Lipinski definition) is 2. The average Bonchev–Trinajstić information content (AvgIpc) is 2.77. The second-order valence-corrected chi connectivity index (χ2v) is 5.81. The number of anilines is 1. The lowest BCUT2D eigenvalue weighted by Gasteiger charge is -2.11. The van der Waals surface area contributed by atoms with Gasteiger partial charge in [0.05, 0.1) is 17.0 Å². The zero-order valence-electron chi connectivity index (χ0n) is 11.8. The standard InChI is InChI=1S/C17H12BrFN2O/c1-11-16(9-12-5-7-13(18)8-6-12)17(22)21(20-11)15-4-2-3-14(19)10-15/h2-10H,1H3/b16-9+. The highest BCUT2D eigenvalue weighted by Gasteiger charge is 2.28. The van der Waals surface area contributed by atoms with Crippen LogP contribution in [0.5, 0.6) is 0 Å². The third kappa shape index (κ3) is 2.85. The van der Waals surface area contributed by atoms with Crippen LogP contribution in [-0.4, -0.2) is 11.6 Å². The molecule has 0 N–H and O–H groups in total. The van der Waals surface area contributed by atoms with Crippen LogP contribution in [0.15, 0.2) is 63.7 Å². The molecule has 0 radical (unpaired) electrons. The van der Waals surface area contributed by atoms with Crippen LogP contribution >= 0.6 is 15.9 Å². The summed E-state index contributed by atoms with van der Waals surface area (Å²) in [5, 5.41) is 5.46. The smallest absolute Gasteiger partial charge is 0.267 e. The van der Waals surface area contributed by atoms with Gasteiger partial charge < -0.3 is 0 Å². The summed E-state index contributed by atoms with van der Waals surface area (Å²) in [4.78, 5) is 12.5. The maximum atomic E-state index is 13.3. The third-order valence-electron chi connectivity index (χ3n) is 3.30. The van der Waals surface area contributed by atoms with E-state index in [1.165, 1.54) is 17.1 Å². The molecule has 1 aliphatic heterocycles. The predicted molar refractivity (Wildman–Crippen MR) is 89.1 cm³/mol. The molecule has 2 aromatic carbocycles. The Kier molecular flexibility index (Phi) is 3.90. The van der Waals surface area contributed by atoms with E-state index >= 15 is 0 Å². The van der Waals surface area contributed by atoms with Crippen LogP contribution in [0.25, 0.3) is 6.08 Å². The van der Waals surface area contributed by atoms with Crippen molar-refractivity contribution < 1.29 is 9.18 Å². The van der Waals surface area contributed by atoms with Crippen LogP contribution in [0, 0.1) is 5.82 Å². The zero-order valence-corrected chi connectivity index (χ0v) is 13.3. The number of rotatable bonds is 2. The van der Waals surface area contributed by atoms with Gasteiger partial charge in [-0.25, -0.2) is 4.39 Å². The number of amides is 1. The summed E-state index contributed by atoms with van der Waals surface area (Å²) >= 11 is 3.37. The Bertz CT molecular complexity index is 797. The second-order valence-electron chi connectivity index (χ2n) is 4.89. The summed E-state index contributed by atoms with van der Waals surface area (Å²) in [6.07, 6.45) is 1.78. The van der Waals surface area contributed by atoms with Gasteiger partial charge in [-0.1, -0.05) is 34.1 Å². The van der Waals surface area contributed by atoms with Crippen molar-refractivity contribution in [2.45, 2.75) is 6.92 Å². The highest BCUT2D eigenvalue weighted by atomic mass is 79.9. The lowest BCUT2D eigenvalue weighted by atomic mass is 10.1. The van der Waals surface area contributed by atoms with Crippen molar-refractivity contribution in [2.24, 2.45) is 5.10 Å². The molecule has 0 atom stereocenters. The van der Waals surface area contributed by atoms with E-state index in [9.17, 15) is 9.18 Å². The van der Waals surface area contributed by atoms with E-state index in [1.807, 2.05) is 24.3 Å². The molecule has 0 fully saturated rings. The van der Waals surface area contributed by atoms with Gasteiger partial charge in [-0.3, -0.25) is 4.79 Å². The summed E-state index contributed by atoms with van der Waals surface area (Å²) in [5.74, 6) is -0.658. The first-order valence-electron chi connectivity index (χ1n) is 6.67. The van der Waals surface area contributed by atoms with Gasteiger partial charge >= 0.3 is 0 Å². The number of nitrogens with zero attached hydrogens (tertiary/aromatic N) is 2. The number of carbonyl (C=O) groups is 1. The van der Waals surface area contributed by atoms with Crippen molar-refractivity contribution in [1.29, 1.82) is 0 Å². The van der Waals surface area contributed by atoms with E-state index < -0.39 is 5.82 Å². The van der Waals surface area contributed by atoms with Gasteiger partial charge in [0.15, 0.2) is 0 Å². The zero-order chi connectivity index (χ0) is 15.7. The molecule has 0 aliphatic carbocycles. The van der Waals surface area contributed by atoms with Gasteiger partial charge in [-0.2, -0.15) is 10.1 Å². The molecular formula is C17H12BrFN2O. The van der Waals surface area contributed by atoms with Gasteiger partial charge in [0, 0.05) is 4.47 Å². The summed E-state index contributed by atoms with van der Waals surface area (Å²) in [6.45, 7) is 1.77. The van der Waals surface area contributed by atoms with E-state index in [0.29, 0.717) is 17.0 Å². The van der Waals surface area contributed by atoms with E-state index in [-0.39, 0.29) is 5.91 Å².